The Morgan fingerprint density at radius 2 is 1.79 bits per heavy atom. The van der Waals surface area contributed by atoms with Gasteiger partial charge in [-0.3, -0.25) is 19.8 Å². The summed E-state index contributed by atoms with van der Waals surface area (Å²) >= 11 is 0. The number of carbonyl (C=O) groups is 1. The first kappa shape index (κ1) is 25.4. The predicted molar refractivity (Wildman–Crippen MR) is 141 cm³/mol. The topological polar surface area (TPSA) is 130 Å². The number of carbonyl (C=O) groups excluding carboxylic acids is 1. The van der Waals surface area contributed by atoms with E-state index < -0.39 is 4.92 Å². The second-order valence-electron chi connectivity index (χ2n) is 9.52. The molecular formula is C27H29N7O4. The van der Waals surface area contributed by atoms with Gasteiger partial charge in [-0.05, 0) is 49.7 Å². The molecule has 0 saturated carbocycles. The van der Waals surface area contributed by atoms with Gasteiger partial charge in [-0.1, -0.05) is 0 Å². The molecule has 0 bridgehead atoms. The number of nitro benzene ring substituents is 1. The smallest absolute Gasteiger partial charge is 0.269 e. The Morgan fingerprint density at radius 1 is 1.11 bits per heavy atom. The second-order valence-corrected chi connectivity index (χ2v) is 9.52. The molecule has 1 N–H and O–H groups in total. The minimum atomic E-state index is -0.459. The molecule has 3 heterocycles. The number of amides is 1. The monoisotopic (exact) mass is 515 g/mol. The van der Waals surface area contributed by atoms with Crippen molar-refractivity contribution in [1.29, 1.82) is 5.26 Å². The summed E-state index contributed by atoms with van der Waals surface area (Å²) in [6, 6.07) is 16.4. The number of hydrogen-bond donors (Lipinski definition) is 1. The lowest BCUT2D eigenvalue weighted by Crippen LogP contribution is -2.53. The molecule has 0 spiro atoms. The van der Waals surface area contributed by atoms with Crippen LogP contribution in [-0.4, -0.2) is 70.9 Å². The summed E-state index contributed by atoms with van der Waals surface area (Å²) in [4.78, 5) is 28.0. The Balaban J connectivity index is 1.22. The third kappa shape index (κ3) is 5.22. The number of nitrogens with zero attached hydrogens (tertiary/aromatic N) is 6. The highest BCUT2D eigenvalue weighted by Crippen LogP contribution is 2.28. The van der Waals surface area contributed by atoms with Gasteiger partial charge in [0.05, 0.1) is 53.3 Å². The van der Waals surface area contributed by atoms with E-state index in [-0.39, 0.29) is 23.6 Å². The maximum atomic E-state index is 13.0. The number of benzene rings is 2. The minimum Gasteiger partial charge on any atom is -0.379 e. The van der Waals surface area contributed by atoms with Crippen molar-refractivity contribution in [2.45, 2.75) is 19.4 Å². The third-order valence-electron chi connectivity index (χ3n) is 7.31. The van der Waals surface area contributed by atoms with Crippen LogP contribution in [-0.2, 0) is 4.74 Å². The van der Waals surface area contributed by atoms with Crippen LogP contribution >= 0.6 is 0 Å². The van der Waals surface area contributed by atoms with Crippen molar-refractivity contribution < 1.29 is 14.5 Å². The van der Waals surface area contributed by atoms with E-state index in [4.69, 9.17) is 4.74 Å². The van der Waals surface area contributed by atoms with Gasteiger partial charge in [0.15, 0.2) is 0 Å². The molecule has 0 radical (unpaired) electrons. The normalized spacial score (nSPS) is 20.1. The Bertz CT molecular complexity index is 1340. The van der Waals surface area contributed by atoms with E-state index in [1.807, 2.05) is 24.3 Å². The first-order chi connectivity index (χ1) is 18.4. The fourth-order valence-corrected chi connectivity index (χ4v) is 5.21. The molecule has 2 aliphatic heterocycles. The summed E-state index contributed by atoms with van der Waals surface area (Å²) in [7, 11) is 0. The highest BCUT2D eigenvalue weighted by molar-refractivity contribution is 6.05. The molecule has 5 rings (SSSR count). The molecule has 0 aliphatic carbocycles. The van der Waals surface area contributed by atoms with Gasteiger partial charge in [-0.25, -0.2) is 4.68 Å². The molecule has 196 valence electrons. The summed E-state index contributed by atoms with van der Waals surface area (Å²) < 4.78 is 7.04. The number of nitriles is 1. The van der Waals surface area contributed by atoms with Crippen LogP contribution in [0.1, 0.15) is 22.5 Å². The molecule has 38 heavy (non-hydrogen) atoms. The lowest BCUT2D eigenvalue weighted by Gasteiger charge is -2.43. The molecule has 2 atom stereocenters. The number of aromatic nitrogens is 2. The van der Waals surface area contributed by atoms with E-state index in [9.17, 15) is 20.2 Å². The van der Waals surface area contributed by atoms with Crippen molar-refractivity contribution in [3.63, 3.8) is 0 Å². The lowest BCUT2D eigenvalue weighted by molar-refractivity contribution is -0.384. The number of piperidine rings is 1. The van der Waals surface area contributed by atoms with E-state index in [1.54, 1.807) is 23.7 Å². The number of anilines is 2. The quantitative estimate of drug-likeness (QED) is 0.391. The SMILES string of the molecule is Cc1c(C(=O)Nc2ccc(N3CCC(N4CCOCC4)C(C#N)C3)cc2)cnn1-c1ccc([N+](=O)[O-])cc1. The van der Waals surface area contributed by atoms with Crippen molar-refractivity contribution in [3.05, 3.63) is 76.1 Å². The van der Waals surface area contributed by atoms with Crippen molar-refractivity contribution in [3.8, 4) is 11.8 Å². The summed E-state index contributed by atoms with van der Waals surface area (Å²) in [6.45, 7) is 6.52. The second kappa shape index (κ2) is 11.0. The molecule has 11 heteroatoms. The summed E-state index contributed by atoms with van der Waals surface area (Å²) in [5, 5.41) is 27.9. The summed E-state index contributed by atoms with van der Waals surface area (Å²) in [5.74, 6) is -0.365. The average Bonchev–Trinajstić information content (AvgIpc) is 3.35. The van der Waals surface area contributed by atoms with Crippen LogP contribution in [0.25, 0.3) is 5.69 Å². The maximum Gasteiger partial charge on any atom is 0.269 e. The van der Waals surface area contributed by atoms with Crippen LogP contribution in [0.3, 0.4) is 0 Å². The fraction of sp³-hybridized carbons (Fsp3) is 0.370. The van der Waals surface area contributed by atoms with E-state index in [2.05, 4.69) is 26.3 Å². The molecule has 2 unspecified atom stereocenters. The number of morpholine rings is 1. The van der Waals surface area contributed by atoms with Gasteiger partial charge < -0.3 is 15.0 Å². The zero-order valence-corrected chi connectivity index (χ0v) is 21.1. The Hall–Kier alpha value is -4.27. The zero-order valence-electron chi connectivity index (χ0n) is 21.1. The molecule has 1 amide bonds. The number of hydrogen-bond acceptors (Lipinski definition) is 8. The molecule has 2 aliphatic rings. The zero-order chi connectivity index (χ0) is 26.6. The van der Waals surface area contributed by atoms with Gasteiger partial charge in [0.1, 0.15) is 0 Å². The molecule has 2 aromatic carbocycles. The van der Waals surface area contributed by atoms with Crippen molar-refractivity contribution in [2.75, 3.05) is 49.6 Å². The summed E-state index contributed by atoms with van der Waals surface area (Å²) in [5.41, 5.74) is 3.33. The fourth-order valence-electron chi connectivity index (χ4n) is 5.21. The van der Waals surface area contributed by atoms with Crippen molar-refractivity contribution in [2.24, 2.45) is 5.92 Å². The Morgan fingerprint density at radius 3 is 2.45 bits per heavy atom. The van der Waals surface area contributed by atoms with E-state index in [1.165, 1.54) is 18.3 Å². The van der Waals surface area contributed by atoms with Crippen LogP contribution in [0.15, 0.2) is 54.7 Å². The Labute approximate surface area is 220 Å². The number of non-ortho nitro benzene ring substituents is 1. The van der Waals surface area contributed by atoms with Crippen LogP contribution in [0.5, 0.6) is 0 Å². The van der Waals surface area contributed by atoms with E-state index in [0.717, 1.165) is 45.0 Å². The Kier molecular flexibility index (Phi) is 7.35. The molecular weight excluding hydrogens is 486 g/mol. The van der Waals surface area contributed by atoms with Crippen molar-refractivity contribution >= 4 is 23.0 Å². The lowest BCUT2D eigenvalue weighted by atomic mass is 9.91. The standard InChI is InChI=1S/C27H29N7O4/c1-19-25(17-29-33(19)23-6-8-24(9-7-23)34(36)37)27(35)30-21-2-4-22(5-3-21)32-11-10-26(20(16-28)18-32)31-12-14-38-15-13-31/h2-9,17,20,26H,10-15,18H2,1H3,(H,30,35). The number of rotatable bonds is 6. The van der Waals surface area contributed by atoms with Gasteiger partial charge in [0, 0.05) is 55.7 Å². The van der Waals surface area contributed by atoms with Gasteiger partial charge >= 0.3 is 0 Å². The van der Waals surface area contributed by atoms with Crippen LogP contribution in [0.2, 0.25) is 0 Å². The first-order valence-corrected chi connectivity index (χ1v) is 12.6. The highest BCUT2D eigenvalue weighted by atomic mass is 16.6. The van der Waals surface area contributed by atoms with Gasteiger partial charge in [-0.2, -0.15) is 10.4 Å². The largest absolute Gasteiger partial charge is 0.379 e. The third-order valence-corrected chi connectivity index (χ3v) is 7.31. The molecule has 3 aromatic rings. The number of ether oxygens (including phenoxy) is 1. The highest BCUT2D eigenvalue weighted by Gasteiger charge is 2.34. The first-order valence-electron chi connectivity index (χ1n) is 12.6. The van der Waals surface area contributed by atoms with Crippen molar-refractivity contribution in [1.82, 2.24) is 14.7 Å². The van der Waals surface area contributed by atoms with Gasteiger partial charge in [0.25, 0.3) is 11.6 Å². The van der Waals surface area contributed by atoms with Crippen LogP contribution in [0, 0.1) is 34.3 Å². The van der Waals surface area contributed by atoms with E-state index >= 15 is 0 Å². The van der Waals surface area contributed by atoms with Gasteiger partial charge in [0.2, 0.25) is 0 Å². The number of nitrogens with one attached hydrogen (secondary N) is 1. The average molecular weight is 516 g/mol. The molecule has 11 nitrogen and oxygen atoms in total. The molecule has 2 saturated heterocycles. The number of nitro groups is 1. The summed E-state index contributed by atoms with van der Waals surface area (Å²) in [6.07, 6.45) is 2.41. The molecule has 2 fully saturated rings. The van der Waals surface area contributed by atoms with Gasteiger partial charge in [-0.15, -0.1) is 0 Å². The van der Waals surface area contributed by atoms with E-state index in [0.29, 0.717) is 29.2 Å². The maximum absolute atomic E-state index is 13.0. The predicted octanol–water partition coefficient (Wildman–Crippen LogP) is 3.39. The van der Waals surface area contributed by atoms with Crippen LogP contribution in [0.4, 0.5) is 17.1 Å². The van der Waals surface area contributed by atoms with Crippen LogP contribution < -0.4 is 10.2 Å². The molecule has 1 aromatic heterocycles. The minimum absolute atomic E-state index is 0.00964.